The lowest BCUT2D eigenvalue weighted by atomic mass is 9.73. The highest BCUT2D eigenvalue weighted by atomic mass is 79.9. The number of allylic oxidation sites excluding steroid dienone is 2. The van der Waals surface area contributed by atoms with Crippen molar-refractivity contribution in [3.8, 4) is 11.4 Å². The number of carbonyl (C=O) groups is 1. The monoisotopic (exact) mass is 482 g/mol. The number of benzene rings is 2. The zero-order chi connectivity index (χ0) is 21.0. The van der Waals surface area contributed by atoms with Crippen molar-refractivity contribution in [1.29, 1.82) is 0 Å². The summed E-state index contributed by atoms with van der Waals surface area (Å²) >= 11 is 9.90. The van der Waals surface area contributed by atoms with Crippen LogP contribution in [0.4, 0.5) is 5.95 Å². The van der Waals surface area contributed by atoms with E-state index in [-0.39, 0.29) is 17.2 Å². The van der Waals surface area contributed by atoms with E-state index in [9.17, 15) is 4.79 Å². The first-order valence-corrected chi connectivity index (χ1v) is 11.0. The van der Waals surface area contributed by atoms with E-state index in [0.29, 0.717) is 23.2 Å². The molecule has 0 radical (unpaired) electrons. The third-order valence-electron chi connectivity index (χ3n) is 5.63. The van der Waals surface area contributed by atoms with Crippen LogP contribution in [0, 0.1) is 5.41 Å². The van der Waals surface area contributed by atoms with E-state index >= 15 is 0 Å². The maximum atomic E-state index is 13.2. The summed E-state index contributed by atoms with van der Waals surface area (Å²) < 4.78 is 2.80. The van der Waals surface area contributed by atoms with Crippen LogP contribution in [-0.4, -0.2) is 20.5 Å². The van der Waals surface area contributed by atoms with Crippen LogP contribution < -0.4 is 5.32 Å². The Balaban J connectivity index is 1.69. The molecule has 1 aromatic heterocycles. The van der Waals surface area contributed by atoms with Crippen molar-refractivity contribution in [2.24, 2.45) is 5.41 Å². The van der Waals surface area contributed by atoms with E-state index in [4.69, 9.17) is 21.7 Å². The van der Waals surface area contributed by atoms with E-state index in [2.05, 4.69) is 35.1 Å². The molecule has 2 aromatic carbocycles. The highest BCUT2D eigenvalue weighted by Crippen LogP contribution is 2.46. The van der Waals surface area contributed by atoms with E-state index in [1.54, 1.807) is 0 Å². The van der Waals surface area contributed by atoms with Gasteiger partial charge in [0.15, 0.2) is 11.6 Å². The fourth-order valence-electron chi connectivity index (χ4n) is 4.32. The van der Waals surface area contributed by atoms with E-state index in [1.165, 1.54) is 0 Å². The quantitative estimate of drug-likeness (QED) is 0.484. The van der Waals surface area contributed by atoms with Crippen molar-refractivity contribution < 1.29 is 4.79 Å². The maximum absolute atomic E-state index is 13.2. The van der Waals surface area contributed by atoms with Gasteiger partial charge in [-0.2, -0.15) is 4.98 Å². The number of carbonyl (C=O) groups excluding carboxylic acids is 1. The van der Waals surface area contributed by atoms with Gasteiger partial charge in [-0.3, -0.25) is 4.79 Å². The number of anilines is 1. The van der Waals surface area contributed by atoms with Crippen LogP contribution in [0.1, 0.15) is 38.3 Å². The lowest BCUT2D eigenvalue weighted by Crippen LogP contribution is -2.36. The minimum Gasteiger partial charge on any atom is -0.328 e. The lowest BCUT2D eigenvalue weighted by molar-refractivity contribution is -0.118. The normalized spacial score (nSPS) is 19.9. The second-order valence-corrected chi connectivity index (χ2v) is 9.92. The number of Topliss-reactive ketones (excluding diaryl/α,β-unsaturated/α-hetero) is 1. The molecule has 0 saturated heterocycles. The highest BCUT2D eigenvalue weighted by Gasteiger charge is 2.41. The third kappa shape index (κ3) is 3.28. The summed E-state index contributed by atoms with van der Waals surface area (Å²) in [4.78, 5) is 18.0. The SMILES string of the molecule is CC1(C)CC(=O)C2=C(C1)Nc1nc(-c3ccccc3Cl)nn1C2c1ccc(Br)cc1. The van der Waals surface area contributed by atoms with Crippen LogP contribution in [0.3, 0.4) is 0 Å². The molecule has 1 aliphatic carbocycles. The average molecular weight is 484 g/mol. The number of hydrogen-bond acceptors (Lipinski definition) is 4. The molecule has 0 fully saturated rings. The Morgan fingerprint density at radius 3 is 2.60 bits per heavy atom. The lowest BCUT2D eigenvalue weighted by Gasteiger charge is -2.38. The first-order chi connectivity index (χ1) is 14.3. The van der Waals surface area contributed by atoms with Gasteiger partial charge in [-0.1, -0.05) is 65.6 Å². The summed E-state index contributed by atoms with van der Waals surface area (Å²) in [5, 5.41) is 8.78. The zero-order valence-electron chi connectivity index (χ0n) is 16.6. The Labute approximate surface area is 188 Å². The van der Waals surface area contributed by atoms with Gasteiger partial charge in [-0.25, -0.2) is 4.68 Å². The molecule has 0 bridgehead atoms. The summed E-state index contributed by atoms with van der Waals surface area (Å²) in [7, 11) is 0. The fraction of sp³-hybridized carbons (Fsp3) is 0.261. The number of nitrogens with one attached hydrogen (secondary N) is 1. The van der Waals surface area contributed by atoms with Gasteiger partial charge in [-0.05, 0) is 41.7 Å². The molecule has 5 nitrogen and oxygen atoms in total. The van der Waals surface area contributed by atoms with Crippen molar-refractivity contribution in [2.45, 2.75) is 32.7 Å². The molecule has 7 heteroatoms. The van der Waals surface area contributed by atoms with Crippen molar-refractivity contribution in [1.82, 2.24) is 14.8 Å². The van der Waals surface area contributed by atoms with E-state index in [1.807, 2.05) is 53.2 Å². The van der Waals surface area contributed by atoms with Gasteiger partial charge < -0.3 is 5.32 Å². The largest absolute Gasteiger partial charge is 0.328 e. The minimum atomic E-state index is -0.323. The molecule has 30 heavy (non-hydrogen) atoms. The Morgan fingerprint density at radius 1 is 1.13 bits per heavy atom. The smallest absolute Gasteiger partial charge is 0.226 e. The molecule has 3 aromatic rings. The molecule has 0 spiro atoms. The van der Waals surface area contributed by atoms with Crippen LogP contribution in [0.2, 0.25) is 5.02 Å². The number of ketones is 1. The van der Waals surface area contributed by atoms with Crippen molar-refractivity contribution in [3.63, 3.8) is 0 Å². The molecular weight excluding hydrogens is 464 g/mol. The molecule has 1 aliphatic heterocycles. The third-order valence-corrected chi connectivity index (χ3v) is 6.49. The van der Waals surface area contributed by atoms with Crippen LogP contribution in [0.15, 0.2) is 64.3 Å². The topological polar surface area (TPSA) is 59.8 Å². The van der Waals surface area contributed by atoms with Crippen molar-refractivity contribution in [2.75, 3.05) is 5.32 Å². The van der Waals surface area contributed by atoms with E-state index in [0.717, 1.165) is 33.3 Å². The number of halogens is 2. The first-order valence-electron chi connectivity index (χ1n) is 9.82. The zero-order valence-corrected chi connectivity index (χ0v) is 19.0. The number of hydrogen-bond donors (Lipinski definition) is 1. The molecule has 1 unspecified atom stereocenters. The minimum absolute atomic E-state index is 0.0963. The van der Waals surface area contributed by atoms with Gasteiger partial charge in [0, 0.05) is 27.7 Å². The summed E-state index contributed by atoms with van der Waals surface area (Å²) in [6.45, 7) is 4.25. The van der Waals surface area contributed by atoms with Crippen molar-refractivity contribution in [3.05, 3.63) is 74.9 Å². The molecule has 1 atom stereocenters. The molecular formula is C23H20BrClN4O. The summed E-state index contributed by atoms with van der Waals surface area (Å²) in [6, 6.07) is 15.2. The van der Waals surface area contributed by atoms with Crippen LogP contribution in [0.5, 0.6) is 0 Å². The molecule has 0 saturated carbocycles. The van der Waals surface area contributed by atoms with Crippen LogP contribution in [-0.2, 0) is 4.79 Å². The van der Waals surface area contributed by atoms with E-state index < -0.39 is 0 Å². The maximum Gasteiger partial charge on any atom is 0.226 e. The summed E-state index contributed by atoms with van der Waals surface area (Å²) in [5.41, 5.74) is 3.38. The fourth-order valence-corrected chi connectivity index (χ4v) is 4.80. The average Bonchev–Trinajstić information content (AvgIpc) is 3.10. The Hall–Kier alpha value is -2.44. The van der Waals surface area contributed by atoms with Gasteiger partial charge in [0.2, 0.25) is 5.95 Å². The second kappa shape index (κ2) is 7.06. The van der Waals surface area contributed by atoms with Gasteiger partial charge in [0.25, 0.3) is 0 Å². The number of rotatable bonds is 2. The molecule has 2 aliphatic rings. The highest BCUT2D eigenvalue weighted by molar-refractivity contribution is 9.10. The summed E-state index contributed by atoms with van der Waals surface area (Å²) in [5.74, 6) is 1.32. The Kier molecular flexibility index (Phi) is 4.60. The standard InChI is InChI=1S/C23H20BrClN4O/c1-23(2)11-17-19(18(30)12-23)20(13-7-9-14(24)10-8-13)29-22(26-17)27-21(28-29)15-5-3-4-6-16(15)25/h3-10,20H,11-12H2,1-2H3,(H,26,27,28). The molecule has 5 rings (SSSR count). The molecule has 152 valence electrons. The Bertz CT molecular complexity index is 1200. The first kappa shape index (κ1) is 19.5. The van der Waals surface area contributed by atoms with Gasteiger partial charge in [0.05, 0.1) is 5.02 Å². The number of aromatic nitrogens is 3. The van der Waals surface area contributed by atoms with Crippen LogP contribution in [0.25, 0.3) is 11.4 Å². The second-order valence-electron chi connectivity index (χ2n) is 8.60. The summed E-state index contributed by atoms with van der Waals surface area (Å²) in [6.07, 6.45) is 1.30. The van der Waals surface area contributed by atoms with Gasteiger partial charge in [0.1, 0.15) is 6.04 Å². The van der Waals surface area contributed by atoms with Crippen molar-refractivity contribution >= 4 is 39.3 Å². The predicted molar refractivity (Wildman–Crippen MR) is 121 cm³/mol. The van der Waals surface area contributed by atoms with Crippen LogP contribution >= 0.6 is 27.5 Å². The molecule has 1 N–H and O–H groups in total. The van der Waals surface area contributed by atoms with Gasteiger partial charge >= 0.3 is 0 Å². The predicted octanol–water partition coefficient (Wildman–Crippen LogP) is 6.02. The number of nitrogens with zero attached hydrogens (tertiary/aromatic N) is 3. The molecule has 2 heterocycles. The Morgan fingerprint density at radius 2 is 1.87 bits per heavy atom. The molecule has 0 amide bonds. The van der Waals surface area contributed by atoms with Gasteiger partial charge in [-0.15, -0.1) is 5.10 Å². The number of fused-ring (bicyclic) bond motifs is 1.